The maximum absolute atomic E-state index is 11.7. The summed E-state index contributed by atoms with van der Waals surface area (Å²) in [7, 11) is 0. The maximum atomic E-state index is 11.7. The van der Waals surface area contributed by atoms with Gasteiger partial charge in [-0.05, 0) is 11.1 Å². The van der Waals surface area contributed by atoms with Crippen LogP contribution in [0.5, 0.6) is 0 Å². The number of rotatable bonds is 1. The van der Waals surface area contributed by atoms with E-state index in [9.17, 15) is 9.90 Å². The second kappa shape index (κ2) is 13.6. The first kappa shape index (κ1) is 21.7. The van der Waals surface area contributed by atoms with Crippen LogP contribution in [0.4, 0.5) is 0 Å². The lowest BCUT2D eigenvalue weighted by molar-refractivity contribution is -0.0181. The number of hydrogen-bond acceptors (Lipinski definition) is 7. The van der Waals surface area contributed by atoms with Crippen molar-refractivity contribution in [2.45, 2.75) is 13.2 Å². The first-order chi connectivity index (χ1) is 13.3. The lowest BCUT2D eigenvalue weighted by atomic mass is 10.0. The number of aromatic carboxylic acids is 1. The van der Waals surface area contributed by atoms with Crippen LogP contribution >= 0.6 is 0 Å². The van der Waals surface area contributed by atoms with Gasteiger partial charge in [0.05, 0.1) is 84.8 Å². The van der Waals surface area contributed by atoms with Crippen LogP contribution < -0.4 is 0 Å². The molecule has 0 radical (unpaired) electrons. The molecule has 8 heteroatoms. The number of carboxylic acids is 1. The van der Waals surface area contributed by atoms with E-state index in [4.69, 9.17) is 28.4 Å². The summed E-state index contributed by atoms with van der Waals surface area (Å²) >= 11 is 0. The number of carboxylic acid groups (broad SMARTS) is 1. The highest BCUT2D eigenvalue weighted by molar-refractivity contribution is 5.91. The highest BCUT2D eigenvalue weighted by atomic mass is 16.6. The fourth-order valence-corrected chi connectivity index (χ4v) is 2.53. The van der Waals surface area contributed by atoms with Crippen LogP contribution in [0.15, 0.2) is 18.2 Å². The average Bonchev–Trinajstić information content (AvgIpc) is 2.66. The molecule has 0 aliphatic carbocycles. The predicted octanol–water partition coefficient (Wildman–Crippen LogP) is 1.50. The topological polar surface area (TPSA) is 92.7 Å². The first-order valence-corrected chi connectivity index (χ1v) is 9.09. The number of ether oxygens (including phenoxy) is 6. The largest absolute Gasteiger partial charge is 0.478 e. The molecule has 1 aromatic carbocycles. The molecule has 152 valence electrons. The summed E-state index contributed by atoms with van der Waals surface area (Å²) in [5, 5.41) is 9.56. The van der Waals surface area contributed by atoms with Crippen molar-refractivity contribution in [3.63, 3.8) is 0 Å². The SMILES string of the molecule is O=C(O)c1c2cccc1COCCOCCOCCOCCOCCOC2. The Hall–Kier alpha value is -1.55. The van der Waals surface area contributed by atoms with Crippen molar-refractivity contribution in [1.29, 1.82) is 0 Å². The minimum atomic E-state index is -0.993. The molecule has 2 bridgehead atoms. The molecule has 8 nitrogen and oxygen atoms in total. The third-order valence-electron chi connectivity index (χ3n) is 3.83. The smallest absolute Gasteiger partial charge is 0.336 e. The van der Waals surface area contributed by atoms with E-state index in [0.717, 1.165) is 0 Å². The van der Waals surface area contributed by atoms with Gasteiger partial charge in [0.2, 0.25) is 0 Å². The lowest BCUT2D eigenvalue weighted by Gasteiger charge is -2.13. The minimum absolute atomic E-state index is 0.204. The van der Waals surface area contributed by atoms with Crippen LogP contribution in [0.1, 0.15) is 21.5 Å². The first-order valence-electron chi connectivity index (χ1n) is 9.09. The standard InChI is InChI=1S/C19H28O8/c20-19(21)18-16-2-1-3-17(18)15-27-13-11-25-9-7-23-5-4-22-6-8-24-10-12-26-14-16/h1-3H,4-15H2,(H,20,21). The molecular formula is C19H28O8. The number of hydrogen-bond donors (Lipinski definition) is 1. The van der Waals surface area contributed by atoms with Gasteiger partial charge >= 0.3 is 5.97 Å². The van der Waals surface area contributed by atoms with E-state index in [1.54, 1.807) is 18.2 Å². The number of benzene rings is 1. The van der Waals surface area contributed by atoms with Crippen LogP contribution in [0.3, 0.4) is 0 Å². The molecule has 1 aliphatic rings. The fraction of sp³-hybridized carbons (Fsp3) is 0.632. The summed E-state index contributed by atoms with van der Waals surface area (Å²) < 4.78 is 32.7. The van der Waals surface area contributed by atoms with Gasteiger partial charge in [-0.1, -0.05) is 18.2 Å². The van der Waals surface area contributed by atoms with Crippen molar-refractivity contribution in [1.82, 2.24) is 0 Å². The number of carbonyl (C=O) groups is 1. The molecule has 0 amide bonds. The van der Waals surface area contributed by atoms with Gasteiger partial charge in [-0.3, -0.25) is 0 Å². The van der Waals surface area contributed by atoms with Gasteiger partial charge in [0.1, 0.15) is 0 Å². The van der Waals surface area contributed by atoms with E-state index in [1.165, 1.54) is 0 Å². The van der Waals surface area contributed by atoms with E-state index in [0.29, 0.717) is 77.2 Å². The van der Waals surface area contributed by atoms with E-state index in [2.05, 4.69) is 0 Å². The molecule has 0 atom stereocenters. The summed E-state index contributed by atoms with van der Waals surface area (Å²) in [4.78, 5) is 11.7. The molecular weight excluding hydrogens is 356 g/mol. The predicted molar refractivity (Wildman–Crippen MR) is 96.0 cm³/mol. The zero-order valence-electron chi connectivity index (χ0n) is 15.5. The van der Waals surface area contributed by atoms with Crippen molar-refractivity contribution in [2.24, 2.45) is 0 Å². The van der Waals surface area contributed by atoms with Gasteiger partial charge in [-0.2, -0.15) is 0 Å². The highest BCUT2D eigenvalue weighted by Crippen LogP contribution is 2.17. The van der Waals surface area contributed by atoms with E-state index >= 15 is 0 Å². The molecule has 1 aromatic rings. The zero-order valence-corrected chi connectivity index (χ0v) is 15.5. The van der Waals surface area contributed by atoms with Crippen LogP contribution in [0, 0.1) is 0 Å². The molecule has 0 unspecified atom stereocenters. The third kappa shape index (κ3) is 8.79. The van der Waals surface area contributed by atoms with Crippen LogP contribution in [0.25, 0.3) is 0 Å². The summed E-state index contributed by atoms with van der Waals surface area (Å²) in [5.41, 5.74) is 1.46. The Balaban J connectivity index is 1.91. The summed E-state index contributed by atoms with van der Waals surface area (Å²) in [6.07, 6.45) is 0. The second-order valence-electron chi connectivity index (χ2n) is 5.81. The number of fused-ring (bicyclic) bond motifs is 2. The van der Waals surface area contributed by atoms with Crippen molar-refractivity contribution in [3.8, 4) is 0 Å². The van der Waals surface area contributed by atoms with Crippen molar-refractivity contribution < 1.29 is 38.3 Å². The maximum Gasteiger partial charge on any atom is 0.336 e. The van der Waals surface area contributed by atoms with Crippen LogP contribution in [-0.2, 0) is 41.6 Å². The molecule has 0 fully saturated rings. The Morgan fingerprint density at radius 3 is 1.30 bits per heavy atom. The summed E-state index contributed by atoms with van der Waals surface area (Å²) in [6.45, 7) is 4.94. The molecule has 0 aromatic heterocycles. The van der Waals surface area contributed by atoms with Gasteiger partial charge < -0.3 is 33.5 Å². The Morgan fingerprint density at radius 1 is 0.630 bits per heavy atom. The summed E-state index contributed by atoms with van der Waals surface area (Å²) in [6, 6.07) is 5.31. The van der Waals surface area contributed by atoms with E-state index < -0.39 is 5.97 Å². The molecule has 0 saturated heterocycles. The molecule has 1 aliphatic heterocycles. The average molecular weight is 384 g/mol. The van der Waals surface area contributed by atoms with E-state index in [-0.39, 0.29) is 18.8 Å². The van der Waals surface area contributed by atoms with Crippen molar-refractivity contribution in [3.05, 3.63) is 34.9 Å². The normalized spacial score (nSPS) is 19.7. The Bertz CT molecular complexity index is 510. The Kier molecular flexibility index (Phi) is 10.9. The van der Waals surface area contributed by atoms with Crippen LogP contribution in [-0.4, -0.2) is 77.1 Å². The van der Waals surface area contributed by atoms with Gasteiger partial charge in [0.15, 0.2) is 0 Å². The summed E-state index contributed by atoms with van der Waals surface area (Å²) in [5.74, 6) is -0.993. The fourth-order valence-electron chi connectivity index (χ4n) is 2.53. The third-order valence-corrected chi connectivity index (χ3v) is 3.83. The van der Waals surface area contributed by atoms with Gasteiger partial charge in [-0.25, -0.2) is 4.79 Å². The quantitative estimate of drug-likeness (QED) is 0.779. The molecule has 1 heterocycles. The second-order valence-corrected chi connectivity index (χ2v) is 5.81. The minimum Gasteiger partial charge on any atom is -0.478 e. The van der Waals surface area contributed by atoms with Crippen LogP contribution in [0.2, 0.25) is 0 Å². The highest BCUT2D eigenvalue weighted by Gasteiger charge is 2.15. The van der Waals surface area contributed by atoms with E-state index in [1.807, 2.05) is 0 Å². The molecule has 2 rings (SSSR count). The monoisotopic (exact) mass is 384 g/mol. The zero-order chi connectivity index (χ0) is 19.2. The van der Waals surface area contributed by atoms with Crippen molar-refractivity contribution in [2.75, 3.05) is 66.1 Å². The molecule has 27 heavy (non-hydrogen) atoms. The van der Waals surface area contributed by atoms with Gasteiger partial charge in [-0.15, -0.1) is 0 Å². The Morgan fingerprint density at radius 2 is 0.963 bits per heavy atom. The van der Waals surface area contributed by atoms with Gasteiger partial charge in [0, 0.05) is 0 Å². The lowest BCUT2D eigenvalue weighted by Crippen LogP contribution is -2.13. The molecule has 0 spiro atoms. The van der Waals surface area contributed by atoms with Gasteiger partial charge in [0.25, 0.3) is 0 Å². The molecule has 1 N–H and O–H groups in total. The Labute approximate surface area is 159 Å². The van der Waals surface area contributed by atoms with Crippen molar-refractivity contribution >= 4 is 5.97 Å². The molecule has 0 saturated carbocycles.